The van der Waals surface area contributed by atoms with Crippen molar-refractivity contribution >= 4 is 5.91 Å². The molecule has 1 saturated heterocycles. The molecule has 1 fully saturated rings. The highest BCUT2D eigenvalue weighted by atomic mass is 16.5. The number of hydrogen-bond donors (Lipinski definition) is 1. The fourth-order valence-corrected chi connectivity index (χ4v) is 2.88. The van der Waals surface area contributed by atoms with Crippen molar-refractivity contribution in [2.45, 2.75) is 26.3 Å². The summed E-state index contributed by atoms with van der Waals surface area (Å²) in [6.07, 6.45) is 4.43. The highest BCUT2D eigenvalue weighted by Crippen LogP contribution is 2.32. The standard InChI is InChI=1S/C16H19N3O2/c1-10-11(2)14(21-3)5-4-12(10)15-17-8-9-19(15)13-6-7-18-16(13)20/h4-5,8-9,13H,6-7H2,1-3H3,(H,18,20). The molecule has 0 radical (unpaired) electrons. The number of carbonyl (C=O) groups excluding carboxylic acids is 1. The highest BCUT2D eigenvalue weighted by molar-refractivity contribution is 5.83. The van der Waals surface area contributed by atoms with Gasteiger partial charge in [-0.1, -0.05) is 0 Å². The van der Waals surface area contributed by atoms with Gasteiger partial charge in [0.15, 0.2) is 0 Å². The summed E-state index contributed by atoms with van der Waals surface area (Å²) in [5.41, 5.74) is 3.26. The molecule has 0 bridgehead atoms. The first-order chi connectivity index (χ1) is 10.1. The SMILES string of the molecule is COc1ccc(-c2nccn2C2CCNC2=O)c(C)c1C. The minimum absolute atomic E-state index is 0.0668. The first-order valence-corrected chi connectivity index (χ1v) is 7.08. The quantitative estimate of drug-likeness (QED) is 0.941. The van der Waals surface area contributed by atoms with Crippen LogP contribution in [0, 0.1) is 13.8 Å². The third-order valence-electron chi connectivity index (χ3n) is 4.22. The maximum absolute atomic E-state index is 11.9. The van der Waals surface area contributed by atoms with Gasteiger partial charge in [-0.15, -0.1) is 0 Å². The molecule has 110 valence electrons. The Labute approximate surface area is 124 Å². The van der Waals surface area contributed by atoms with Gasteiger partial charge in [-0.2, -0.15) is 0 Å². The minimum atomic E-state index is -0.163. The predicted molar refractivity (Wildman–Crippen MR) is 80.4 cm³/mol. The maximum atomic E-state index is 11.9. The van der Waals surface area contributed by atoms with Crippen LogP contribution < -0.4 is 10.1 Å². The summed E-state index contributed by atoms with van der Waals surface area (Å²) in [7, 11) is 1.67. The maximum Gasteiger partial charge on any atom is 0.243 e. The van der Waals surface area contributed by atoms with Crippen molar-refractivity contribution < 1.29 is 9.53 Å². The van der Waals surface area contributed by atoms with Gasteiger partial charge in [-0.05, 0) is 43.5 Å². The largest absolute Gasteiger partial charge is 0.496 e. The summed E-state index contributed by atoms with van der Waals surface area (Å²) >= 11 is 0. The van der Waals surface area contributed by atoms with Crippen LogP contribution >= 0.6 is 0 Å². The number of methoxy groups -OCH3 is 1. The normalized spacial score (nSPS) is 17.9. The molecule has 0 saturated carbocycles. The van der Waals surface area contributed by atoms with Crippen molar-refractivity contribution in [2.75, 3.05) is 13.7 Å². The number of imidazole rings is 1. The summed E-state index contributed by atoms with van der Waals surface area (Å²) in [5.74, 6) is 1.77. The number of rotatable bonds is 3. The molecule has 3 rings (SSSR count). The van der Waals surface area contributed by atoms with Crippen molar-refractivity contribution in [3.63, 3.8) is 0 Å². The average molecular weight is 285 g/mol. The molecule has 1 aromatic heterocycles. The molecule has 1 aliphatic heterocycles. The van der Waals surface area contributed by atoms with E-state index in [9.17, 15) is 4.79 Å². The van der Waals surface area contributed by atoms with E-state index in [1.54, 1.807) is 13.3 Å². The number of amides is 1. The third kappa shape index (κ3) is 2.18. The Morgan fingerprint density at radius 2 is 2.14 bits per heavy atom. The lowest BCUT2D eigenvalue weighted by Gasteiger charge is -2.16. The lowest BCUT2D eigenvalue weighted by molar-refractivity contribution is -0.121. The molecule has 5 nitrogen and oxygen atoms in total. The summed E-state index contributed by atoms with van der Waals surface area (Å²) in [6.45, 7) is 4.82. The van der Waals surface area contributed by atoms with Gasteiger partial charge in [0.1, 0.15) is 17.6 Å². The van der Waals surface area contributed by atoms with Gasteiger partial charge in [0.2, 0.25) is 5.91 Å². The molecular weight excluding hydrogens is 266 g/mol. The van der Waals surface area contributed by atoms with E-state index in [1.807, 2.05) is 29.8 Å². The second kappa shape index (κ2) is 5.24. The zero-order chi connectivity index (χ0) is 15.0. The first-order valence-electron chi connectivity index (χ1n) is 7.08. The number of nitrogens with zero attached hydrogens (tertiary/aromatic N) is 2. The van der Waals surface area contributed by atoms with Crippen LogP contribution in [0.3, 0.4) is 0 Å². The van der Waals surface area contributed by atoms with E-state index >= 15 is 0 Å². The highest BCUT2D eigenvalue weighted by Gasteiger charge is 2.28. The lowest BCUT2D eigenvalue weighted by atomic mass is 10.0. The first kappa shape index (κ1) is 13.7. The van der Waals surface area contributed by atoms with Crippen LogP contribution in [0.15, 0.2) is 24.5 Å². The fourth-order valence-electron chi connectivity index (χ4n) is 2.88. The Balaban J connectivity index is 2.08. The average Bonchev–Trinajstić information content (AvgIpc) is 3.10. The molecule has 1 unspecified atom stereocenters. The zero-order valence-corrected chi connectivity index (χ0v) is 12.5. The van der Waals surface area contributed by atoms with E-state index in [0.717, 1.165) is 41.2 Å². The molecule has 0 aliphatic carbocycles. The van der Waals surface area contributed by atoms with E-state index in [1.165, 1.54) is 0 Å². The second-order valence-corrected chi connectivity index (χ2v) is 5.32. The van der Waals surface area contributed by atoms with E-state index in [0.29, 0.717) is 0 Å². The van der Waals surface area contributed by atoms with Crippen LogP contribution in [0.1, 0.15) is 23.6 Å². The Morgan fingerprint density at radius 3 is 2.81 bits per heavy atom. The Morgan fingerprint density at radius 1 is 1.33 bits per heavy atom. The van der Waals surface area contributed by atoms with E-state index < -0.39 is 0 Å². The van der Waals surface area contributed by atoms with Crippen LogP contribution in [0.5, 0.6) is 5.75 Å². The van der Waals surface area contributed by atoms with Crippen molar-refractivity contribution in [2.24, 2.45) is 0 Å². The minimum Gasteiger partial charge on any atom is -0.496 e. The fraction of sp³-hybridized carbons (Fsp3) is 0.375. The number of nitrogens with one attached hydrogen (secondary N) is 1. The zero-order valence-electron chi connectivity index (χ0n) is 12.5. The number of carbonyl (C=O) groups is 1. The molecule has 5 heteroatoms. The van der Waals surface area contributed by atoms with Crippen LogP contribution in [0.25, 0.3) is 11.4 Å². The Kier molecular flexibility index (Phi) is 3.41. The van der Waals surface area contributed by atoms with Crippen LogP contribution in [-0.2, 0) is 4.79 Å². The van der Waals surface area contributed by atoms with Gasteiger partial charge in [0.05, 0.1) is 7.11 Å². The van der Waals surface area contributed by atoms with Crippen LogP contribution in [0.2, 0.25) is 0 Å². The number of benzene rings is 1. The smallest absolute Gasteiger partial charge is 0.243 e. The summed E-state index contributed by atoms with van der Waals surface area (Å²) in [5, 5.41) is 2.87. The van der Waals surface area contributed by atoms with Crippen molar-refractivity contribution in [1.29, 1.82) is 0 Å². The Bertz CT molecular complexity index is 691. The van der Waals surface area contributed by atoms with Gasteiger partial charge in [0.25, 0.3) is 0 Å². The monoisotopic (exact) mass is 285 g/mol. The summed E-state index contributed by atoms with van der Waals surface area (Å²) in [6, 6.07) is 3.79. The summed E-state index contributed by atoms with van der Waals surface area (Å²) in [4.78, 5) is 16.4. The molecule has 21 heavy (non-hydrogen) atoms. The molecule has 2 heterocycles. The molecule has 1 atom stereocenters. The van der Waals surface area contributed by atoms with Gasteiger partial charge < -0.3 is 14.6 Å². The lowest BCUT2D eigenvalue weighted by Crippen LogP contribution is -2.22. The van der Waals surface area contributed by atoms with Crippen molar-refractivity contribution in [1.82, 2.24) is 14.9 Å². The van der Waals surface area contributed by atoms with Crippen LogP contribution in [0.4, 0.5) is 0 Å². The van der Waals surface area contributed by atoms with E-state index in [-0.39, 0.29) is 11.9 Å². The molecule has 1 aromatic carbocycles. The molecule has 0 spiro atoms. The van der Waals surface area contributed by atoms with Gasteiger partial charge in [-0.3, -0.25) is 4.79 Å². The molecular formula is C16H19N3O2. The van der Waals surface area contributed by atoms with Crippen LogP contribution in [-0.4, -0.2) is 29.1 Å². The topological polar surface area (TPSA) is 56.1 Å². The molecule has 2 aromatic rings. The molecule has 1 N–H and O–H groups in total. The Hall–Kier alpha value is -2.30. The predicted octanol–water partition coefficient (Wildman–Crippen LogP) is 2.24. The van der Waals surface area contributed by atoms with Crippen molar-refractivity contribution in [3.8, 4) is 17.1 Å². The summed E-state index contributed by atoms with van der Waals surface area (Å²) < 4.78 is 7.32. The van der Waals surface area contributed by atoms with E-state index in [4.69, 9.17) is 4.74 Å². The van der Waals surface area contributed by atoms with Crippen molar-refractivity contribution in [3.05, 3.63) is 35.7 Å². The molecule has 1 aliphatic rings. The van der Waals surface area contributed by atoms with Gasteiger partial charge in [-0.25, -0.2) is 4.98 Å². The number of ether oxygens (including phenoxy) is 1. The second-order valence-electron chi connectivity index (χ2n) is 5.32. The van der Waals surface area contributed by atoms with Gasteiger partial charge in [0, 0.05) is 24.5 Å². The van der Waals surface area contributed by atoms with E-state index in [2.05, 4.69) is 17.2 Å². The van der Waals surface area contributed by atoms with Gasteiger partial charge >= 0.3 is 0 Å². The molecule has 1 amide bonds. The number of hydrogen-bond acceptors (Lipinski definition) is 3. The third-order valence-corrected chi connectivity index (χ3v) is 4.22. The number of aromatic nitrogens is 2.